The molecular weight excluding hydrogens is 368 g/mol. The van der Waals surface area contributed by atoms with Crippen molar-refractivity contribution in [2.45, 2.75) is 19.4 Å². The molecule has 1 fully saturated rings. The first-order valence-corrected chi connectivity index (χ1v) is 10.3. The number of piperazine rings is 1. The number of ether oxygens (including phenoxy) is 2. The van der Waals surface area contributed by atoms with E-state index in [0.29, 0.717) is 19.6 Å². The van der Waals surface area contributed by atoms with E-state index in [2.05, 4.69) is 20.1 Å². The third-order valence-electron chi connectivity index (χ3n) is 5.44. The molecule has 2 aromatic rings. The van der Waals surface area contributed by atoms with Crippen LogP contribution in [-0.4, -0.2) is 61.7 Å². The summed E-state index contributed by atoms with van der Waals surface area (Å²) < 4.78 is 11.2. The van der Waals surface area contributed by atoms with Gasteiger partial charge >= 0.3 is 0 Å². The second-order valence-electron chi connectivity index (χ2n) is 7.46. The molecule has 0 aliphatic carbocycles. The first kappa shape index (κ1) is 19.5. The third-order valence-corrected chi connectivity index (χ3v) is 5.44. The summed E-state index contributed by atoms with van der Waals surface area (Å²) in [6.45, 7) is 7.67. The zero-order valence-electron chi connectivity index (χ0n) is 16.8. The van der Waals surface area contributed by atoms with E-state index >= 15 is 0 Å². The van der Waals surface area contributed by atoms with E-state index in [0.717, 1.165) is 55.6 Å². The van der Waals surface area contributed by atoms with Crippen LogP contribution in [0.4, 0.5) is 5.82 Å². The van der Waals surface area contributed by atoms with Crippen molar-refractivity contribution >= 4 is 11.7 Å². The fourth-order valence-corrected chi connectivity index (χ4v) is 3.73. The molecule has 0 spiro atoms. The fourth-order valence-electron chi connectivity index (χ4n) is 3.73. The summed E-state index contributed by atoms with van der Waals surface area (Å²) in [6, 6.07) is 11.8. The van der Waals surface area contributed by atoms with E-state index < -0.39 is 0 Å². The number of amides is 1. The van der Waals surface area contributed by atoms with Gasteiger partial charge in [0, 0.05) is 45.3 Å². The molecule has 7 nitrogen and oxygen atoms in total. The van der Waals surface area contributed by atoms with Crippen LogP contribution in [0, 0.1) is 0 Å². The summed E-state index contributed by atoms with van der Waals surface area (Å²) in [6.07, 6.45) is 2.33. The Morgan fingerprint density at radius 2 is 1.90 bits per heavy atom. The van der Waals surface area contributed by atoms with Crippen molar-refractivity contribution in [2.24, 2.45) is 0 Å². The van der Waals surface area contributed by atoms with Crippen molar-refractivity contribution in [1.82, 2.24) is 15.2 Å². The van der Waals surface area contributed by atoms with Crippen molar-refractivity contribution in [3.8, 4) is 11.5 Å². The van der Waals surface area contributed by atoms with E-state index in [1.807, 2.05) is 49.5 Å². The lowest BCUT2D eigenvalue weighted by molar-refractivity contribution is -0.122. The average Bonchev–Trinajstić information content (AvgIpc) is 2.78. The molecule has 29 heavy (non-hydrogen) atoms. The number of nitrogens with zero attached hydrogens (tertiary/aromatic N) is 3. The second-order valence-corrected chi connectivity index (χ2v) is 7.46. The van der Waals surface area contributed by atoms with Crippen molar-refractivity contribution in [1.29, 1.82) is 0 Å². The molecular formula is C22H28N4O3. The minimum atomic E-state index is -0.0701. The molecule has 0 radical (unpaired) electrons. The molecule has 2 aliphatic heterocycles. The molecule has 1 N–H and O–H groups in total. The van der Waals surface area contributed by atoms with Gasteiger partial charge in [0.1, 0.15) is 19.0 Å². The standard InChI is InChI=1S/C22H28N4O3/c1-17(18-5-6-19-20(16-18)29-15-14-28-19)24-22(27)7-9-25-10-12-26(13-11-25)21-4-2-3-8-23-21/h2-6,8,16-17H,7,9-15H2,1H3,(H,24,27)/t17-/m1/s1. The van der Waals surface area contributed by atoms with Crippen LogP contribution in [0.25, 0.3) is 0 Å². The molecule has 1 amide bonds. The number of anilines is 1. The minimum Gasteiger partial charge on any atom is -0.486 e. The van der Waals surface area contributed by atoms with E-state index in [-0.39, 0.29) is 11.9 Å². The molecule has 0 bridgehead atoms. The first-order chi connectivity index (χ1) is 14.2. The zero-order chi connectivity index (χ0) is 20.1. The number of rotatable bonds is 6. The lowest BCUT2D eigenvalue weighted by atomic mass is 10.1. The highest BCUT2D eigenvalue weighted by molar-refractivity contribution is 5.76. The Balaban J connectivity index is 1.21. The Hall–Kier alpha value is -2.80. The number of aromatic nitrogens is 1. The number of pyridine rings is 1. The van der Waals surface area contributed by atoms with Crippen molar-refractivity contribution in [2.75, 3.05) is 50.8 Å². The Bertz CT molecular complexity index is 822. The summed E-state index contributed by atoms with van der Waals surface area (Å²) in [5.74, 6) is 2.61. The monoisotopic (exact) mass is 396 g/mol. The number of carbonyl (C=O) groups is 1. The highest BCUT2D eigenvalue weighted by Crippen LogP contribution is 2.32. The number of fused-ring (bicyclic) bond motifs is 1. The Kier molecular flexibility index (Phi) is 6.14. The molecule has 2 aliphatic rings. The minimum absolute atomic E-state index is 0.0690. The molecule has 0 saturated carbocycles. The largest absolute Gasteiger partial charge is 0.486 e. The van der Waals surface area contributed by atoms with Crippen molar-refractivity contribution < 1.29 is 14.3 Å². The van der Waals surface area contributed by atoms with E-state index in [9.17, 15) is 4.79 Å². The second kappa shape index (κ2) is 9.13. The van der Waals surface area contributed by atoms with Crippen LogP contribution in [-0.2, 0) is 4.79 Å². The summed E-state index contributed by atoms with van der Waals surface area (Å²) in [7, 11) is 0. The van der Waals surface area contributed by atoms with Gasteiger partial charge in [-0.25, -0.2) is 4.98 Å². The number of hydrogen-bond donors (Lipinski definition) is 1. The molecule has 154 valence electrons. The quantitative estimate of drug-likeness (QED) is 0.808. The smallest absolute Gasteiger partial charge is 0.221 e. The van der Waals surface area contributed by atoms with Crippen molar-refractivity contribution in [3.05, 3.63) is 48.2 Å². The van der Waals surface area contributed by atoms with E-state index in [4.69, 9.17) is 9.47 Å². The summed E-state index contributed by atoms with van der Waals surface area (Å²) >= 11 is 0. The average molecular weight is 396 g/mol. The highest BCUT2D eigenvalue weighted by atomic mass is 16.6. The van der Waals surface area contributed by atoms with Gasteiger partial charge in [0.25, 0.3) is 0 Å². The maximum atomic E-state index is 12.4. The Morgan fingerprint density at radius 3 is 2.66 bits per heavy atom. The molecule has 7 heteroatoms. The van der Waals surface area contributed by atoms with Crippen LogP contribution in [0.15, 0.2) is 42.6 Å². The highest BCUT2D eigenvalue weighted by Gasteiger charge is 2.19. The summed E-state index contributed by atoms with van der Waals surface area (Å²) in [5, 5.41) is 3.09. The van der Waals surface area contributed by atoms with Gasteiger partial charge in [-0.05, 0) is 36.8 Å². The lowest BCUT2D eigenvalue weighted by Gasteiger charge is -2.35. The fraction of sp³-hybridized carbons (Fsp3) is 0.455. The topological polar surface area (TPSA) is 66.9 Å². The van der Waals surface area contributed by atoms with E-state index in [1.54, 1.807) is 0 Å². The third kappa shape index (κ3) is 4.98. The number of carbonyl (C=O) groups excluding carboxylic acids is 1. The maximum absolute atomic E-state index is 12.4. The zero-order valence-corrected chi connectivity index (χ0v) is 16.8. The predicted octanol–water partition coefficient (Wildman–Crippen LogP) is 2.24. The number of nitrogens with one attached hydrogen (secondary N) is 1. The molecule has 1 saturated heterocycles. The molecule has 1 atom stereocenters. The molecule has 0 unspecified atom stereocenters. The van der Waals surface area contributed by atoms with Crippen LogP contribution < -0.4 is 19.7 Å². The molecule has 4 rings (SSSR count). The molecule has 1 aromatic carbocycles. The normalized spacial score (nSPS) is 17.6. The van der Waals surface area contributed by atoms with Gasteiger partial charge in [-0.2, -0.15) is 0 Å². The maximum Gasteiger partial charge on any atom is 0.221 e. The van der Waals surface area contributed by atoms with Gasteiger partial charge in [-0.1, -0.05) is 12.1 Å². The number of hydrogen-bond acceptors (Lipinski definition) is 6. The summed E-state index contributed by atoms with van der Waals surface area (Å²) in [5.41, 5.74) is 1.02. The van der Waals surface area contributed by atoms with Crippen LogP contribution >= 0.6 is 0 Å². The van der Waals surface area contributed by atoms with Crippen LogP contribution in [0.5, 0.6) is 11.5 Å². The Morgan fingerprint density at radius 1 is 1.10 bits per heavy atom. The first-order valence-electron chi connectivity index (χ1n) is 10.3. The van der Waals surface area contributed by atoms with E-state index in [1.165, 1.54) is 0 Å². The predicted molar refractivity (Wildman–Crippen MR) is 111 cm³/mol. The molecule has 3 heterocycles. The molecule has 1 aromatic heterocycles. The van der Waals surface area contributed by atoms with Gasteiger partial charge in [0.15, 0.2) is 11.5 Å². The Labute approximate surface area is 171 Å². The summed E-state index contributed by atoms with van der Waals surface area (Å²) in [4.78, 5) is 21.5. The van der Waals surface area contributed by atoms with Gasteiger partial charge in [-0.15, -0.1) is 0 Å². The van der Waals surface area contributed by atoms with Gasteiger partial charge in [0.05, 0.1) is 6.04 Å². The van der Waals surface area contributed by atoms with Crippen LogP contribution in [0.2, 0.25) is 0 Å². The van der Waals surface area contributed by atoms with Crippen LogP contribution in [0.1, 0.15) is 24.9 Å². The lowest BCUT2D eigenvalue weighted by Crippen LogP contribution is -2.47. The number of benzene rings is 1. The van der Waals surface area contributed by atoms with Crippen molar-refractivity contribution in [3.63, 3.8) is 0 Å². The van der Waals surface area contributed by atoms with Gasteiger partial charge in [-0.3, -0.25) is 9.69 Å². The van der Waals surface area contributed by atoms with Gasteiger partial charge in [0.2, 0.25) is 5.91 Å². The SMILES string of the molecule is C[C@@H](NC(=O)CCN1CCN(c2ccccn2)CC1)c1ccc2c(c1)OCCO2. The van der Waals surface area contributed by atoms with Crippen LogP contribution in [0.3, 0.4) is 0 Å². The van der Waals surface area contributed by atoms with Gasteiger partial charge < -0.3 is 19.7 Å².